The van der Waals surface area contributed by atoms with E-state index in [4.69, 9.17) is 4.52 Å². The maximum atomic E-state index is 5.16. The van der Waals surface area contributed by atoms with Gasteiger partial charge < -0.3 is 4.52 Å². The Hall–Kier alpha value is -4.15. The average molecular weight is 887 g/mol. The number of hydrogen-bond acceptors (Lipinski definition) is 8. The molecule has 9 aromatic rings. The minimum Gasteiger partial charge on any atom is -0.356 e. The minimum absolute atomic E-state index is 0. The Morgan fingerprint density at radius 3 is 1.73 bits per heavy atom. The van der Waals surface area contributed by atoms with Crippen molar-refractivity contribution in [2.24, 2.45) is 0 Å². The molecule has 3 aromatic carbocycles. The summed E-state index contributed by atoms with van der Waals surface area (Å²) < 4.78 is 13.8. The summed E-state index contributed by atoms with van der Waals surface area (Å²) in [6.45, 7) is 21.8. The van der Waals surface area contributed by atoms with Gasteiger partial charge in [0.2, 0.25) is 0 Å². The van der Waals surface area contributed by atoms with E-state index in [9.17, 15) is 0 Å². The molecule has 0 saturated heterocycles. The fourth-order valence-electron chi connectivity index (χ4n) is 5.74. The highest BCUT2D eigenvalue weighted by Crippen LogP contribution is 2.34. The predicted molar refractivity (Wildman–Crippen MR) is 278 cm³/mol. The number of nitrogens with zero attached hydrogens (tertiary/aromatic N) is 3. The zero-order valence-electron chi connectivity index (χ0n) is 33.7. The first-order chi connectivity index (χ1) is 26.4. The molecule has 0 spiro atoms. The molecule has 0 bridgehead atoms. The largest absolute Gasteiger partial charge is 0.356 e. The topological polar surface area (TPSA) is 67.6 Å². The van der Waals surface area contributed by atoms with E-state index in [0.717, 1.165) is 22.2 Å². The van der Waals surface area contributed by atoms with Gasteiger partial charge in [-0.05, 0) is 105 Å². The Labute approximate surface area is 379 Å². The number of aromatic amines is 1. The molecule has 6 heterocycles. The van der Waals surface area contributed by atoms with Crippen LogP contribution >= 0.6 is 45.5 Å². The molecule has 0 atom stereocenters. The van der Waals surface area contributed by atoms with Crippen molar-refractivity contribution in [3.05, 3.63) is 135 Å². The number of para-hydroxylation sites is 2. The van der Waals surface area contributed by atoms with E-state index in [2.05, 4.69) is 154 Å². The normalized spacial score (nSPS) is 10.2. The van der Waals surface area contributed by atoms with Crippen LogP contribution in [-0.4, -0.2) is 19.7 Å². The highest BCUT2D eigenvalue weighted by atomic mass is 32.1. The lowest BCUT2D eigenvalue weighted by Gasteiger charge is -1.99. The van der Waals surface area contributed by atoms with Crippen molar-refractivity contribution in [1.29, 1.82) is 0 Å². The van der Waals surface area contributed by atoms with E-state index in [1.165, 1.54) is 46.7 Å². The number of rotatable bonds is 5. The van der Waals surface area contributed by atoms with Crippen LogP contribution in [0.2, 0.25) is 0 Å². The number of hydrogen-bond donors (Lipinski definition) is 1. The maximum absolute atomic E-state index is 5.16. The van der Waals surface area contributed by atoms with Crippen LogP contribution in [0.25, 0.3) is 41.4 Å². The average Bonchev–Trinajstić information content (AvgIpc) is 4.01. The lowest BCUT2D eigenvalue weighted by Crippen LogP contribution is -1.86. The van der Waals surface area contributed by atoms with Crippen molar-refractivity contribution in [2.75, 3.05) is 0 Å². The van der Waals surface area contributed by atoms with E-state index in [1.807, 2.05) is 65.1 Å². The van der Waals surface area contributed by atoms with Gasteiger partial charge in [-0.25, -0.2) is 0 Å². The smallest absolute Gasteiger partial charge is 0.167 e. The Balaban J connectivity index is 0.000000715. The van der Waals surface area contributed by atoms with Crippen molar-refractivity contribution in [3.63, 3.8) is 0 Å². The summed E-state index contributed by atoms with van der Waals surface area (Å²) in [6.07, 6.45) is 0. The van der Waals surface area contributed by atoms with E-state index in [0.29, 0.717) is 29.6 Å². The van der Waals surface area contributed by atoms with Gasteiger partial charge >= 0.3 is 0 Å². The van der Waals surface area contributed by atoms with Crippen LogP contribution in [0.3, 0.4) is 0 Å². The van der Waals surface area contributed by atoms with E-state index >= 15 is 0 Å². The summed E-state index contributed by atoms with van der Waals surface area (Å²) in [7, 11) is 0. The number of H-pyrrole nitrogens is 1. The fraction of sp³-hybridized carbons (Fsp3) is 0.392. The lowest BCUT2D eigenvalue weighted by atomic mass is 10.1. The third-order valence-electron chi connectivity index (χ3n) is 8.91. The molecule has 0 saturated carbocycles. The second kappa shape index (κ2) is 26.9. The summed E-state index contributed by atoms with van der Waals surface area (Å²) in [5, 5.41) is 21.5. The summed E-state index contributed by atoms with van der Waals surface area (Å²) >= 11 is 7.12. The number of aromatic nitrogens is 4. The standard InChI is InChI=1S/C10H12N2.C10H11NO.C10H11NS.C9H10S2.C7H10S.5CH4/c1-7(2)10-8-5-3-4-6-9(8)11-12-10;2*1-7(2)10-8-5-3-4-6-9(8)12-11-10;1-6(2)8-5-9-7(11-8)3-4-10-9;1-6(2)7-3-4-8-5-7;;;;;/h3-7H,1-2H3,(H,11,12);2*3-7H,1-2H3;3-6H,1-2H3;3-6H,1-2H3;5*1H4. The summed E-state index contributed by atoms with van der Waals surface area (Å²) in [4.78, 5) is 1.51. The maximum Gasteiger partial charge on any atom is 0.167 e. The predicted octanol–water partition coefficient (Wildman–Crippen LogP) is 19.2. The van der Waals surface area contributed by atoms with E-state index in [-0.39, 0.29) is 37.1 Å². The van der Waals surface area contributed by atoms with Gasteiger partial charge in [-0.3, -0.25) is 5.10 Å². The summed E-state index contributed by atoms with van der Waals surface area (Å²) in [5.74, 6) is 2.84. The lowest BCUT2D eigenvalue weighted by molar-refractivity contribution is 0.441. The third kappa shape index (κ3) is 14.8. The molecular weight excluding hydrogens is 813 g/mol. The summed E-state index contributed by atoms with van der Waals surface area (Å²) in [5.41, 5.74) is 6.89. The van der Waals surface area contributed by atoms with Crippen molar-refractivity contribution < 1.29 is 4.52 Å². The first kappa shape index (κ1) is 55.9. The van der Waals surface area contributed by atoms with Gasteiger partial charge in [0, 0.05) is 36.1 Å². The highest BCUT2D eigenvalue weighted by Gasteiger charge is 2.10. The SMILES string of the molecule is C.C.C.C.C.CC(C)c1[nH]nc2ccccc12.CC(C)c1cc2sccc2s1.CC(C)c1ccsc1.CC(C)c1noc2ccccc12.CC(C)c1nsc2ccccc12. The third-order valence-corrected chi connectivity index (χ3v) is 12.8. The van der Waals surface area contributed by atoms with Gasteiger partial charge in [-0.2, -0.15) is 20.8 Å². The first-order valence-electron chi connectivity index (χ1n) is 19.0. The highest BCUT2D eigenvalue weighted by molar-refractivity contribution is 7.27. The fourth-order valence-corrected chi connectivity index (χ4v) is 9.60. The number of thiophene rings is 3. The zero-order valence-corrected chi connectivity index (χ0v) is 36.9. The van der Waals surface area contributed by atoms with Crippen LogP contribution in [-0.2, 0) is 0 Å². The Morgan fingerprint density at radius 2 is 1.17 bits per heavy atom. The monoisotopic (exact) mass is 886 g/mol. The molecule has 9 heteroatoms. The van der Waals surface area contributed by atoms with Crippen molar-refractivity contribution in [2.45, 2.75) is 136 Å². The van der Waals surface area contributed by atoms with Crippen LogP contribution in [0.15, 0.2) is 112 Å². The van der Waals surface area contributed by atoms with E-state index in [1.54, 1.807) is 22.9 Å². The second-order valence-electron chi connectivity index (χ2n) is 14.9. The van der Waals surface area contributed by atoms with Gasteiger partial charge in [-0.1, -0.05) is 160 Å². The Morgan fingerprint density at radius 1 is 0.550 bits per heavy atom. The van der Waals surface area contributed by atoms with Gasteiger partial charge in [0.25, 0.3) is 0 Å². The molecule has 6 aromatic heterocycles. The molecule has 0 amide bonds. The minimum atomic E-state index is 0. The van der Waals surface area contributed by atoms with Crippen LogP contribution in [0, 0.1) is 0 Å². The van der Waals surface area contributed by atoms with Gasteiger partial charge in [-0.15, -0.1) is 22.7 Å². The van der Waals surface area contributed by atoms with Crippen molar-refractivity contribution in [3.8, 4) is 0 Å². The van der Waals surface area contributed by atoms with Crippen LogP contribution in [0.5, 0.6) is 0 Å². The Bertz CT molecular complexity index is 2240. The molecule has 1 N–H and O–H groups in total. The molecule has 0 aliphatic heterocycles. The molecule has 0 unspecified atom stereocenters. The van der Waals surface area contributed by atoms with E-state index < -0.39 is 0 Å². The molecule has 60 heavy (non-hydrogen) atoms. The molecular formula is C51H74N4OS4. The van der Waals surface area contributed by atoms with Gasteiger partial charge in [0.1, 0.15) is 0 Å². The molecule has 0 radical (unpaired) electrons. The van der Waals surface area contributed by atoms with Crippen LogP contribution < -0.4 is 0 Å². The van der Waals surface area contributed by atoms with Crippen molar-refractivity contribution in [1.82, 2.24) is 19.7 Å². The van der Waals surface area contributed by atoms with Crippen LogP contribution in [0.1, 0.15) is 163 Å². The first-order valence-corrected chi connectivity index (χ1v) is 22.5. The van der Waals surface area contributed by atoms with Crippen LogP contribution in [0.4, 0.5) is 0 Å². The summed E-state index contributed by atoms with van der Waals surface area (Å²) in [6, 6.07) is 31.2. The van der Waals surface area contributed by atoms with Crippen molar-refractivity contribution >= 4 is 86.9 Å². The van der Waals surface area contributed by atoms with Gasteiger partial charge in [0.05, 0.1) is 21.6 Å². The van der Waals surface area contributed by atoms with Gasteiger partial charge in [0.15, 0.2) is 5.58 Å². The molecule has 5 nitrogen and oxygen atoms in total. The quantitative estimate of drug-likeness (QED) is 0.187. The number of benzene rings is 3. The second-order valence-corrected chi connectivity index (χ2v) is 18.6. The molecule has 0 aliphatic carbocycles. The number of fused-ring (bicyclic) bond motifs is 4. The molecule has 9 rings (SSSR count). The molecule has 328 valence electrons. The molecule has 0 aliphatic rings. The molecule has 0 fully saturated rings. The number of nitrogens with one attached hydrogen (secondary N) is 1. The Kier molecular flexibility index (Phi) is 25.1. The zero-order chi connectivity index (χ0) is 39.5.